The number of carbonyl (C=O) groups is 1. The first kappa shape index (κ1) is 49.2. The molecule has 1 atom stereocenters. The summed E-state index contributed by atoms with van der Waals surface area (Å²) >= 11 is 1.32. The second kappa shape index (κ2) is 22.4. The van der Waals surface area contributed by atoms with E-state index >= 15 is 0 Å². The van der Waals surface area contributed by atoms with E-state index in [2.05, 4.69) is 54.7 Å². The van der Waals surface area contributed by atoms with Gasteiger partial charge >= 0.3 is 5.97 Å². The van der Waals surface area contributed by atoms with E-state index in [0.717, 1.165) is 22.8 Å². The maximum Gasteiger partial charge on any atom is 0.305 e. The molecule has 0 fully saturated rings. The summed E-state index contributed by atoms with van der Waals surface area (Å²) in [5, 5.41) is 97.4. The van der Waals surface area contributed by atoms with Gasteiger partial charge in [-0.25, -0.2) is 10.5 Å². The van der Waals surface area contributed by atoms with Gasteiger partial charge in [0.1, 0.15) is 29.8 Å². The predicted molar refractivity (Wildman–Crippen MR) is 248 cm³/mol. The summed E-state index contributed by atoms with van der Waals surface area (Å²) in [4.78, 5) is 11.4. The zero-order chi connectivity index (χ0) is 48.4. The van der Waals surface area contributed by atoms with Gasteiger partial charge in [0.05, 0.1) is 69.7 Å². The van der Waals surface area contributed by atoms with Crippen LogP contribution in [0.3, 0.4) is 0 Å². The zero-order valence-corrected chi connectivity index (χ0v) is 37.5. The molecule has 0 heterocycles. The highest BCUT2D eigenvalue weighted by atomic mass is 32.2. The van der Waals surface area contributed by atoms with Gasteiger partial charge in [-0.2, -0.15) is 18.6 Å². The van der Waals surface area contributed by atoms with Crippen LogP contribution in [0.5, 0.6) is 11.5 Å². The number of azo groups is 3. The Bertz CT molecular complexity index is 3220. The van der Waals surface area contributed by atoms with Crippen LogP contribution in [-0.2, 0) is 33.7 Å². The lowest BCUT2D eigenvalue weighted by Gasteiger charge is -2.14. The Hall–Kier alpha value is -6.72. The van der Waals surface area contributed by atoms with Crippen molar-refractivity contribution >= 4 is 112 Å². The summed E-state index contributed by atoms with van der Waals surface area (Å²) in [6.07, 6.45) is -1.45. The monoisotopic (exact) mass is 987 g/mol. The van der Waals surface area contributed by atoms with Crippen LogP contribution in [0.2, 0.25) is 0 Å². The highest BCUT2D eigenvalue weighted by Gasteiger charge is 2.19. The topological polar surface area (TPSA) is 325 Å². The summed E-state index contributed by atoms with van der Waals surface area (Å²) in [5.74, 6) is -1.36. The maximum absolute atomic E-state index is 12.3. The normalized spacial score (nSPS) is 12.6. The predicted octanol–water partition coefficient (Wildman–Crippen LogP) is 11.1. The number of nitrogens with one attached hydrogen (secondary N) is 1. The van der Waals surface area contributed by atoms with Gasteiger partial charge in [0, 0.05) is 39.4 Å². The first-order valence-electron chi connectivity index (χ1n) is 19.7. The molecule has 0 saturated carbocycles. The average molecular weight is 988 g/mol. The fourth-order valence-electron chi connectivity index (χ4n) is 6.51. The molecule has 0 bridgehead atoms. The molecule has 25 heteroatoms. The van der Waals surface area contributed by atoms with E-state index in [4.69, 9.17) is 20.4 Å². The van der Waals surface area contributed by atoms with Crippen molar-refractivity contribution in [2.45, 2.75) is 34.1 Å². The molecule has 1 unspecified atom stereocenters. The second-order valence-corrected chi connectivity index (χ2v) is 17.3. The first-order chi connectivity index (χ1) is 32.7. The van der Waals surface area contributed by atoms with Gasteiger partial charge in [-0.15, -0.1) is 29.1 Å². The van der Waals surface area contributed by atoms with Gasteiger partial charge in [0.2, 0.25) is 0 Å². The van der Waals surface area contributed by atoms with Crippen LogP contribution >= 0.6 is 24.1 Å². The van der Waals surface area contributed by atoms with Gasteiger partial charge in [-0.05, 0) is 101 Å². The lowest BCUT2D eigenvalue weighted by atomic mass is 10.1. The molecule has 0 aliphatic heterocycles. The third-order valence-electron chi connectivity index (χ3n) is 9.79. The van der Waals surface area contributed by atoms with Crippen molar-refractivity contribution in [3.63, 3.8) is 0 Å². The van der Waals surface area contributed by atoms with Crippen molar-refractivity contribution < 1.29 is 72.2 Å². The van der Waals surface area contributed by atoms with Crippen molar-refractivity contribution in [1.29, 1.82) is 0 Å². The van der Waals surface area contributed by atoms with E-state index in [1.807, 2.05) is 12.1 Å². The molecule has 0 radical (unpaired) electrons. The molecule has 0 aliphatic rings. The number of rotatable bonds is 21. The molecule has 7 aromatic rings. The number of aliphatic hydroxyl groups excluding tert-OH is 2. The number of nitrogens with zero attached hydrogens (tertiary/aromatic N) is 6. The Balaban J connectivity index is 1.24. The van der Waals surface area contributed by atoms with Crippen molar-refractivity contribution in [3.8, 4) is 11.5 Å². The van der Waals surface area contributed by atoms with Gasteiger partial charge in [0.15, 0.2) is 5.75 Å². The molecule has 0 aromatic heterocycles. The summed E-state index contributed by atoms with van der Waals surface area (Å²) in [7, 11) is -4.66. The Morgan fingerprint density at radius 3 is 2.18 bits per heavy atom. The van der Waals surface area contributed by atoms with Crippen LogP contribution in [0.4, 0.5) is 39.8 Å². The number of hydrogen-bond donors (Lipinski definition) is 8. The molecule has 0 amide bonds. The Morgan fingerprint density at radius 2 is 1.43 bits per heavy atom. The van der Waals surface area contributed by atoms with Crippen molar-refractivity contribution in [2.75, 3.05) is 25.1 Å². The van der Waals surface area contributed by atoms with E-state index in [9.17, 15) is 33.1 Å². The van der Waals surface area contributed by atoms with E-state index in [0.29, 0.717) is 55.7 Å². The highest BCUT2D eigenvalue weighted by Crippen LogP contribution is 2.46. The summed E-state index contributed by atoms with van der Waals surface area (Å²) < 4.78 is 49.5. The molecule has 7 aromatic carbocycles. The van der Waals surface area contributed by atoms with Crippen LogP contribution < -0.4 is 10.1 Å². The number of phenols is 1. The molecule has 68 heavy (non-hydrogen) atoms. The number of aromatic hydroxyl groups is 1. The smallest absolute Gasteiger partial charge is 0.305 e. The minimum absolute atomic E-state index is 0.000552. The summed E-state index contributed by atoms with van der Waals surface area (Å²) in [6.45, 7) is 0.763. The van der Waals surface area contributed by atoms with Gasteiger partial charge < -0.3 is 30.5 Å². The summed E-state index contributed by atoms with van der Waals surface area (Å²) in [6, 6.07) is 27.2. The standard InChI is InChI=1S/C43H37N7O15S3/c1-23-14-38(49-50-42-40(67-65-63-57)17-25-3-5-27(18-33(25)43(42)55)44-13-12-41(53)54)39(61-22-29(52)21-51)20-37(23)48-47-36-11-10-35(32-9-8-31(19-34(32)36)68(58,59)60)46-45-28-6-2-24-4-7-30(66-64-62-56)16-26(24)15-28/h2-11,14-20,29,44,51-52,55-57H,12-13,21-22H2,1H3,(H,53,54)(H,58,59,60). The number of benzene rings is 7. The van der Waals surface area contributed by atoms with Crippen LogP contribution in [0.15, 0.2) is 149 Å². The highest BCUT2D eigenvalue weighted by molar-refractivity contribution is 7.95. The molecule has 8 N–H and O–H groups in total. The third-order valence-corrected chi connectivity index (χ3v) is 11.8. The lowest BCUT2D eigenvalue weighted by Crippen LogP contribution is -2.21. The Kier molecular flexibility index (Phi) is 16.2. The molecule has 352 valence electrons. The Labute approximate surface area is 393 Å². The van der Waals surface area contributed by atoms with Crippen LogP contribution in [0, 0.1) is 6.92 Å². The molecule has 0 spiro atoms. The van der Waals surface area contributed by atoms with Crippen molar-refractivity contribution in [1.82, 2.24) is 0 Å². The largest absolute Gasteiger partial charge is 0.505 e. The molecule has 0 aliphatic carbocycles. The molecule has 0 saturated heterocycles. The van der Waals surface area contributed by atoms with Gasteiger partial charge in [-0.1, -0.05) is 34.3 Å². The van der Waals surface area contributed by atoms with Gasteiger partial charge in [-0.3, -0.25) is 9.35 Å². The minimum Gasteiger partial charge on any atom is -0.505 e. The first-order valence-corrected chi connectivity index (χ1v) is 22.6. The number of ether oxygens (including phenoxy) is 1. The second-order valence-electron chi connectivity index (χ2n) is 14.4. The molecular formula is C43H37N7O15S3. The number of aliphatic carboxylic acids is 1. The number of carboxylic acids is 1. The molecule has 22 nitrogen and oxygen atoms in total. The van der Waals surface area contributed by atoms with Crippen LogP contribution in [0.25, 0.3) is 32.3 Å². The van der Waals surface area contributed by atoms with E-state index < -0.39 is 40.3 Å². The number of aryl methyl sites for hydroxylation is 1. The molecular weight excluding hydrogens is 951 g/mol. The fourth-order valence-corrected chi connectivity index (χ4v) is 7.92. The van der Waals surface area contributed by atoms with E-state index in [1.165, 1.54) is 36.4 Å². The van der Waals surface area contributed by atoms with Crippen molar-refractivity contribution in [3.05, 3.63) is 109 Å². The quantitative estimate of drug-likeness (QED) is 0.0109. The SMILES string of the molecule is Cc1cc(N=Nc2c(SOOO)cc3ccc(NCCC(=O)O)cc3c2O)c(OCC(O)CO)cc1N=Nc1ccc(N=Nc2ccc3ccc(SOOO)cc3c2)c2ccc(S(=O)(=O)O)cc12. The number of phenolic OH excluding ortho intramolecular Hbond substituents is 1. The van der Waals surface area contributed by atoms with Gasteiger partial charge in [0.25, 0.3) is 10.1 Å². The minimum atomic E-state index is -4.66. The molecule has 7 rings (SSSR count). The Morgan fingerprint density at radius 1 is 0.721 bits per heavy atom. The van der Waals surface area contributed by atoms with Crippen LogP contribution in [-0.4, -0.2) is 75.7 Å². The third kappa shape index (κ3) is 12.2. The number of hydrogen-bond acceptors (Lipinski definition) is 22. The number of fused-ring (bicyclic) bond motifs is 3. The number of anilines is 1. The lowest BCUT2D eigenvalue weighted by molar-refractivity contribution is -0.432. The number of aliphatic hydroxyl groups is 2. The zero-order valence-electron chi connectivity index (χ0n) is 35.0. The number of carboxylic acid groups (broad SMARTS) is 1. The summed E-state index contributed by atoms with van der Waals surface area (Å²) in [5.41, 5.74) is 2.10. The van der Waals surface area contributed by atoms with Crippen LogP contribution in [0.1, 0.15) is 12.0 Å². The van der Waals surface area contributed by atoms with E-state index in [1.54, 1.807) is 61.5 Å². The van der Waals surface area contributed by atoms with Crippen molar-refractivity contribution in [2.24, 2.45) is 30.7 Å². The average Bonchev–Trinajstić information content (AvgIpc) is 3.32. The van der Waals surface area contributed by atoms with E-state index in [-0.39, 0.29) is 57.5 Å². The maximum atomic E-state index is 12.3. The fraction of sp³-hybridized carbons (Fsp3) is 0.140.